The third kappa shape index (κ3) is 2.61. The fourth-order valence-electron chi connectivity index (χ4n) is 2.56. The Hall–Kier alpha value is -2.04. The van der Waals surface area contributed by atoms with Crippen LogP contribution in [-0.2, 0) is 11.2 Å². The van der Waals surface area contributed by atoms with Crippen molar-refractivity contribution in [3.63, 3.8) is 0 Å². The first kappa shape index (κ1) is 14.4. The summed E-state index contributed by atoms with van der Waals surface area (Å²) in [6.45, 7) is 2.49. The molecule has 1 aliphatic rings. The molecule has 5 heteroatoms. The van der Waals surface area contributed by atoms with E-state index in [1.54, 1.807) is 12.1 Å². The number of methoxy groups -OCH3 is 1. The van der Waals surface area contributed by atoms with Crippen LogP contribution >= 0.6 is 0 Å². The van der Waals surface area contributed by atoms with Crippen LogP contribution in [0.25, 0.3) is 0 Å². The number of rotatable bonds is 4. The Balaban J connectivity index is 2.34. The zero-order valence-electron chi connectivity index (χ0n) is 11.8. The molecule has 1 atom stereocenters. The van der Waals surface area contributed by atoms with Crippen molar-refractivity contribution < 1.29 is 19.4 Å². The maximum absolute atomic E-state index is 12.6. The predicted octanol–water partition coefficient (Wildman–Crippen LogP) is 1.95. The van der Waals surface area contributed by atoms with Gasteiger partial charge in [0.1, 0.15) is 11.8 Å². The predicted molar refractivity (Wildman–Crippen MR) is 74.1 cm³/mol. The fourth-order valence-corrected chi connectivity index (χ4v) is 2.56. The number of hydrogen-bond donors (Lipinski definition) is 1. The molecule has 1 heterocycles. The highest BCUT2D eigenvalue weighted by Gasteiger charge is 2.35. The van der Waals surface area contributed by atoms with E-state index >= 15 is 0 Å². The number of carbonyl (C=O) groups is 2. The van der Waals surface area contributed by atoms with E-state index in [2.05, 4.69) is 0 Å². The molecular formula is C15H19NO4. The smallest absolute Gasteiger partial charge is 0.326 e. The molecule has 0 bridgehead atoms. The van der Waals surface area contributed by atoms with Crippen molar-refractivity contribution in [1.82, 2.24) is 4.90 Å². The van der Waals surface area contributed by atoms with Crippen LogP contribution < -0.4 is 4.74 Å². The van der Waals surface area contributed by atoms with Gasteiger partial charge in [-0.3, -0.25) is 4.79 Å². The Morgan fingerprint density at radius 2 is 2.20 bits per heavy atom. The maximum atomic E-state index is 12.6. The molecule has 1 aromatic carbocycles. The van der Waals surface area contributed by atoms with Gasteiger partial charge in [-0.1, -0.05) is 13.0 Å². The SMILES string of the molecule is CCc1ccc(OC)c(C(=O)N2CCCC2C(=O)O)c1. The number of likely N-dealkylation sites (tertiary alicyclic amines) is 1. The van der Waals surface area contributed by atoms with Crippen molar-refractivity contribution in [2.45, 2.75) is 32.2 Å². The maximum Gasteiger partial charge on any atom is 0.326 e. The van der Waals surface area contributed by atoms with Crippen LogP contribution in [0.1, 0.15) is 35.7 Å². The molecule has 2 rings (SSSR count). The summed E-state index contributed by atoms with van der Waals surface area (Å²) in [7, 11) is 1.51. The third-order valence-corrected chi connectivity index (χ3v) is 3.70. The van der Waals surface area contributed by atoms with E-state index in [0.717, 1.165) is 18.4 Å². The zero-order chi connectivity index (χ0) is 14.7. The molecule has 20 heavy (non-hydrogen) atoms. The van der Waals surface area contributed by atoms with Gasteiger partial charge in [-0.25, -0.2) is 4.79 Å². The van der Waals surface area contributed by atoms with Crippen molar-refractivity contribution in [1.29, 1.82) is 0 Å². The number of aryl methyl sites for hydroxylation is 1. The molecule has 1 amide bonds. The normalized spacial score (nSPS) is 18.1. The van der Waals surface area contributed by atoms with Crippen molar-refractivity contribution in [3.8, 4) is 5.75 Å². The number of hydrogen-bond acceptors (Lipinski definition) is 3. The number of nitrogens with zero attached hydrogens (tertiary/aromatic N) is 1. The van der Waals surface area contributed by atoms with Gasteiger partial charge in [-0.2, -0.15) is 0 Å². The van der Waals surface area contributed by atoms with E-state index in [1.807, 2.05) is 13.0 Å². The monoisotopic (exact) mass is 277 g/mol. The molecule has 1 aromatic rings. The van der Waals surface area contributed by atoms with E-state index in [4.69, 9.17) is 4.74 Å². The minimum atomic E-state index is -0.943. The van der Waals surface area contributed by atoms with E-state index in [-0.39, 0.29) is 5.91 Å². The minimum absolute atomic E-state index is 0.262. The average Bonchev–Trinajstić information content (AvgIpc) is 2.95. The summed E-state index contributed by atoms with van der Waals surface area (Å²) in [5.74, 6) is -0.716. The molecule has 0 saturated carbocycles. The van der Waals surface area contributed by atoms with Gasteiger partial charge < -0.3 is 14.7 Å². The van der Waals surface area contributed by atoms with E-state index in [9.17, 15) is 14.7 Å². The number of carboxylic acid groups (broad SMARTS) is 1. The summed E-state index contributed by atoms with van der Waals surface area (Å²) in [5.41, 5.74) is 1.47. The Labute approximate surface area is 118 Å². The van der Waals surface area contributed by atoms with Crippen LogP contribution in [-0.4, -0.2) is 41.6 Å². The fraction of sp³-hybridized carbons (Fsp3) is 0.467. The van der Waals surface area contributed by atoms with E-state index in [1.165, 1.54) is 12.0 Å². The number of carboxylic acids is 1. The largest absolute Gasteiger partial charge is 0.496 e. The summed E-state index contributed by atoms with van der Waals surface area (Å²) in [4.78, 5) is 25.2. The van der Waals surface area contributed by atoms with E-state index < -0.39 is 12.0 Å². The molecular weight excluding hydrogens is 258 g/mol. The van der Waals surface area contributed by atoms with Gasteiger partial charge in [-0.05, 0) is 37.0 Å². The van der Waals surface area contributed by atoms with Crippen molar-refractivity contribution in [3.05, 3.63) is 29.3 Å². The lowest BCUT2D eigenvalue weighted by atomic mass is 10.1. The second-order valence-electron chi connectivity index (χ2n) is 4.88. The summed E-state index contributed by atoms with van der Waals surface area (Å²) < 4.78 is 5.23. The van der Waals surface area contributed by atoms with Gasteiger partial charge in [0.15, 0.2) is 0 Å². The Morgan fingerprint density at radius 1 is 1.45 bits per heavy atom. The minimum Gasteiger partial charge on any atom is -0.496 e. The van der Waals surface area contributed by atoms with Crippen LogP contribution in [0, 0.1) is 0 Å². The highest BCUT2D eigenvalue weighted by atomic mass is 16.5. The standard InChI is InChI=1S/C15H19NO4/c1-3-10-6-7-13(20-2)11(9-10)14(17)16-8-4-5-12(16)15(18)19/h6-7,9,12H,3-5,8H2,1-2H3,(H,18,19). The van der Waals surface area contributed by atoms with Gasteiger partial charge >= 0.3 is 5.97 Å². The molecule has 1 aliphatic heterocycles. The highest BCUT2D eigenvalue weighted by molar-refractivity contribution is 5.99. The lowest BCUT2D eigenvalue weighted by Crippen LogP contribution is -2.40. The molecule has 0 aliphatic carbocycles. The zero-order valence-corrected chi connectivity index (χ0v) is 11.8. The van der Waals surface area contributed by atoms with Gasteiger partial charge in [0.05, 0.1) is 12.7 Å². The van der Waals surface area contributed by atoms with E-state index in [0.29, 0.717) is 24.3 Å². The number of aliphatic carboxylic acids is 1. The first-order valence-corrected chi connectivity index (χ1v) is 6.79. The summed E-state index contributed by atoms with van der Waals surface area (Å²) in [6, 6.07) is 4.74. The van der Waals surface area contributed by atoms with Crippen molar-refractivity contribution in [2.75, 3.05) is 13.7 Å². The molecule has 0 aromatic heterocycles. The first-order chi connectivity index (χ1) is 9.58. The number of benzene rings is 1. The number of ether oxygens (including phenoxy) is 1. The van der Waals surface area contributed by atoms with Crippen LogP contribution in [0.2, 0.25) is 0 Å². The second-order valence-corrected chi connectivity index (χ2v) is 4.88. The number of carbonyl (C=O) groups excluding carboxylic acids is 1. The summed E-state index contributed by atoms with van der Waals surface area (Å²) >= 11 is 0. The summed E-state index contributed by atoms with van der Waals surface area (Å²) in [6.07, 6.45) is 2.04. The average molecular weight is 277 g/mol. The lowest BCUT2D eigenvalue weighted by Gasteiger charge is -2.22. The molecule has 1 saturated heterocycles. The molecule has 1 N–H and O–H groups in total. The molecule has 1 fully saturated rings. The lowest BCUT2D eigenvalue weighted by molar-refractivity contribution is -0.141. The van der Waals surface area contributed by atoms with Crippen LogP contribution in [0.4, 0.5) is 0 Å². The Bertz CT molecular complexity index is 527. The topological polar surface area (TPSA) is 66.8 Å². The quantitative estimate of drug-likeness (QED) is 0.913. The van der Waals surface area contributed by atoms with Gasteiger partial charge in [0, 0.05) is 6.54 Å². The molecule has 1 unspecified atom stereocenters. The van der Waals surface area contributed by atoms with Gasteiger partial charge in [-0.15, -0.1) is 0 Å². The van der Waals surface area contributed by atoms with Crippen LogP contribution in [0.3, 0.4) is 0 Å². The van der Waals surface area contributed by atoms with Crippen LogP contribution in [0.15, 0.2) is 18.2 Å². The van der Waals surface area contributed by atoms with Crippen molar-refractivity contribution >= 4 is 11.9 Å². The molecule has 108 valence electrons. The number of amides is 1. The third-order valence-electron chi connectivity index (χ3n) is 3.70. The Morgan fingerprint density at radius 3 is 2.80 bits per heavy atom. The Kier molecular flexibility index (Phi) is 4.27. The second kappa shape index (κ2) is 5.94. The molecule has 0 radical (unpaired) electrons. The summed E-state index contributed by atoms with van der Waals surface area (Å²) in [5, 5.41) is 9.18. The highest BCUT2D eigenvalue weighted by Crippen LogP contribution is 2.26. The van der Waals surface area contributed by atoms with Crippen molar-refractivity contribution in [2.24, 2.45) is 0 Å². The van der Waals surface area contributed by atoms with Gasteiger partial charge in [0.25, 0.3) is 5.91 Å². The first-order valence-electron chi connectivity index (χ1n) is 6.79. The van der Waals surface area contributed by atoms with Gasteiger partial charge in [0.2, 0.25) is 0 Å². The molecule has 0 spiro atoms. The molecule has 5 nitrogen and oxygen atoms in total. The van der Waals surface area contributed by atoms with Crippen LogP contribution in [0.5, 0.6) is 5.75 Å².